The zero-order valence-electron chi connectivity index (χ0n) is 19.2. The lowest BCUT2D eigenvalue weighted by atomic mass is 9.89. The third-order valence-corrected chi connectivity index (χ3v) is 7.46. The first kappa shape index (κ1) is 21.0. The van der Waals surface area contributed by atoms with Gasteiger partial charge in [0.05, 0.1) is 0 Å². The number of nitrogens with one attached hydrogen (secondary N) is 1. The summed E-state index contributed by atoms with van der Waals surface area (Å²) < 4.78 is 0. The molecule has 4 rings (SSSR count). The zero-order chi connectivity index (χ0) is 21.6. The van der Waals surface area contributed by atoms with Crippen LogP contribution in [0.15, 0.2) is 30.6 Å². The first-order chi connectivity index (χ1) is 14.3. The monoisotopic (exact) mass is 419 g/mol. The second-order valence-corrected chi connectivity index (χ2v) is 10.6. The molecule has 4 aromatic rings. The minimum absolute atomic E-state index is 0.374. The summed E-state index contributed by atoms with van der Waals surface area (Å²) in [6, 6.07) is 6.83. The van der Waals surface area contributed by atoms with Gasteiger partial charge >= 0.3 is 0 Å². The van der Waals surface area contributed by atoms with Gasteiger partial charge in [-0.1, -0.05) is 48.5 Å². The Balaban J connectivity index is 1.72. The van der Waals surface area contributed by atoms with E-state index in [4.69, 9.17) is 4.98 Å². The van der Waals surface area contributed by atoms with Gasteiger partial charge in [-0.05, 0) is 59.1 Å². The van der Waals surface area contributed by atoms with E-state index in [1.54, 1.807) is 0 Å². The topological polar surface area (TPSA) is 41.6 Å². The molecule has 30 heavy (non-hydrogen) atoms. The number of nitrogens with zero attached hydrogens (tertiary/aromatic N) is 2. The van der Waals surface area contributed by atoms with E-state index in [0.717, 1.165) is 12.1 Å². The molecule has 3 nitrogen and oxygen atoms in total. The summed E-state index contributed by atoms with van der Waals surface area (Å²) in [5.74, 6) is 1.88. The molecule has 0 spiro atoms. The minimum atomic E-state index is 0.374. The van der Waals surface area contributed by atoms with Crippen LogP contribution in [0.4, 0.5) is 0 Å². The molecule has 0 aromatic carbocycles. The molecule has 0 bridgehead atoms. The van der Waals surface area contributed by atoms with Crippen molar-refractivity contribution in [2.75, 3.05) is 0 Å². The molecular formula is C26H33N3S. The second kappa shape index (κ2) is 8.14. The van der Waals surface area contributed by atoms with Crippen LogP contribution in [0.3, 0.4) is 0 Å². The Kier molecular flexibility index (Phi) is 5.71. The largest absolute Gasteiger partial charge is 0.343 e. The van der Waals surface area contributed by atoms with Crippen LogP contribution in [0.5, 0.6) is 0 Å². The molecule has 0 fully saturated rings. The Morgan fingerprint density at radius 1 is 0.900 bits per heavy atom. The van der Waals surface area contributed by atoms with Gasteiger partial charge in [-0.3, -0.25) is 0 Å². The molecule has 0 saturated carbocycles. The van der Waals surface area contributed by atoms with Gasteiger partial charge in [-0.25, -0.2) is 9.97 Å². The van der Waals surface area contributed by atoms with E-state index in [9.17, 15) is 0 Å². The summed E-state index contributed by atoms with van der Waals surface area (Å²) in [6.45, 7) is 15.9. The molecule has 4 heterocycles. The van der Waals surface area contributed by atoms with Crippen LogP contribution < -0.4 is 0 Å². The molecule has 0 amide bonds. The van der Waals surface area contributed by atoms with Crippen molar-refractivity contribution in [1.29, 1.82) is 0 Å². The summed E-state index contributed by atoms with van der Waals surface area (Å²) in [6.07, 6.45) is 5.02. The summed E-state index contributed by atoms with van der Waals surface area (Å²) in [5, 5.41) is 2.61. The number of H-pyrrole nitrogens is 1. The normalized spacial score (nSPS) is 13.4. The van der Waals surface area contributed by atoms with E-state index >= 15 is 0 Å². The highest BCUT2D eigenvalue weighted by Crippen LogP contribution is 2.37. The maximum atomic E-state index is 4.85. The van der Waals surface area contributed by atoms with Crippen LogP contribution in [0, 0.1) is 0 Å². The number of aromatic amines is 1. The quantitative estimate of drug-likeness (QED) is 0.345. The van der Waals surface area contributed by atoms with Crippen LogP contribution in [-0.4, -0.2) is 15.0 Å². The van der Waals surface area contributed by atoms with Crippen molar-refractivity contribution in [3.8, 4) is 0 Å². The minimum Gasteiger partial charge on any atom is -0.343 e. The van der Waals surface area contributed by atoms with Crippen molar-refractivity contribution in [3.63, 3.8) is 0 Å². The number of aromatic nitrogens is 3. The van der Waals surface area contributed by atoms with E-state index in [0.29, 0.717) is 23.7 Å². The fourth-order valence-corrected chi connectivity index (χ4v) is 5.49. The van der Waals surface area contributed by atoms with Gasteiger partial charge in [0.25, 0.3) is 0 Å². The van der Waals surface area contributed by atoms with Crippen LogP contribution in [0.2, 0.25) is 0 Å². The number of fused-ring (bicyclic) bond motifs is 2. The fourth-order valence-electron chi connectivity index (χ4n) is 4.47. The first-order valence-corrected chi connectivity index (χ1v) is 12.0. The number of hydrogen-bond donors (Lipinski definition) is 1. The molecule has 1 atom stereocenters. The molecule has 0 aliphatic heterocycles. The summed E-state index contributed by atoms with van der Waals surface area (Å²) in [4.78, 5) is 15.6. The van der Waals surface area contributed by atoms with Gasteiger partial charge in [-0.2, -0.15) is 0 Å². The molecule has 0 aliphatic rings. The SMILES string of the molecule is CC(C)c1cc2c(C(C)C)c(CC(C)c3cc4c(C(C)C)ccnc4[nH]3)cnc2s1. The predicted molar refractivity (Wildman–Crippen MR) is 130 cm³/mol. The van der Waals surface area contributed by atoms with Crippen molar-refractivity contribution < 1.29 is 0 Å². The lowest BCUT2D eigenvalue weighted by Crippen LogP contribution is -2.04. The highest BCUT2D eigenvalue weighted by Gasteiger charge is 2.20. The maximum Gasteiger partial charge on any atom is 0.137 e. The number of thiophene rings is 1. The standard InChI is InChI=1S/C26H33N3S/c1-14(2)19-8-9-27-25-20(19)11-22(29-25)17(7)10-18-13-28-26-21(24(18)16(5)6)12-23(30-26)15(3)4/h8-9,11-17H,10H2,1-7H3,(H,27,29). The smallest absolute Gasteiger partial charge is 0.137 e. The number of rotatable bonds is 6. The third kappa shape index (κ3) is 3.78. The number of pyridine rings is 2. The van der Waals surface area contributed by atoms with Gasteiger partial charge in [0.1, 0.15) is 10.5 Å². The van der Waals surface area contributed by atoms with E-state index < -0.39 is 0 Å². The van der Waals surface area contributed by atoms with Crippen LogP contribution >= 0.6 is 11.3 Å². The fraction of sp³-hybridized carbons (Fsp3) is 0.462. The first-order valence-electron chi connectivity index (χ1n) is 11.1. The van der Waals surface area contributed by atoms with Gasteiger partial charge in [-0.15, -0.1) is 11.3 Å². The Labute approximate surface area is 184 Å². The van der Waals surface area contributed by atoms with Gasteiger partial charge in [0.15, 0.2) is 0 Å². The molecule has 0 saturated heterocycles. The van der Waals surface area contributed by atoms with E-state index in [1.165, 1.54) is 42.9 Å². The van der Waals surface area contributed by atoms with Gasteiger partial charge < -0.3 is 4.98 Å². The lowest BCUT2D eigenvalue weighted by molar-refractivity contribution is 0.721. The maximum absolute atomic E-state index is 4.85. The Morgan fingerprint density at radius 3 is 2.33 bits per heavy atom. The molecule has 1 N–H and O–H groups in total. The molecule has 1 unspecified atom stereocenters. The summed E-state index contributed by atoms with van der Waals surface area (Å²) in [7, 11) is 0. The van der Waals surface area contributed by atoms with Crippen molar-refractivity contribution >= 4 is 32.6 Å². The summed E-state index contributed by atoms with van der Waals surface area (Å²) in [5.41, 5.74) is 6.45. The molecular weight excluding hydrogens is 386 g/mol. The summed E-state index contributed by atoms with van der Waals surface area (Å²) >= 11 is 1.84. The van der Waals surface area contributed by atoms with E-state index in [1.807, 2.05) is 17.5 Å². The van der Waals surface area contributed by atoms with Gasteiger partial charge in [0.2, 0.25) is 0 Å². The molecule has 0 radical (unpaired) electrons. The average Bonchev–Trinajstić information content (AvgIpc) is 3.31. The van der Waals surface area contributed by atoms with Crippen molar-refractivity contribution in [3.05, 3.63) is 57.9 Å². The Hall–Kier alpha value is -2.20. The van der Waals surface area contributed by atoms with Crippen molar-refractivity contribution in [2.24, 2.45) is 0 Å². The Bertz CT molecular complexity index is 1180. The Morgan fingerprint density at radius 2 is 1.67 bits per heavy atom. The van der Waals surface area contributed by atoms with Crippen LogP contribution in [0.25, 0.3) is 21.3 Å². The lowest BCUT2D eigenvalue weighted by Gasteiger charge is -2.17. The molecule has 4 aromatic heterocycles. The van der Waals surface area contributed by atoms with Gasteiger partial charge in [0, 0.05) is 39.7 Å². The highest BCUT2D eigenvalue weighted by molar-refractivity contribution is 7.18. The third-order valence-electron chi connectivity index (χ3n) is 6.12. The highest BCUT2D eigenvalue weighted by atomic mass is 32.1. The molecule has 4 heteroatoms. The second-order valence-electron chi connectivity index (χ2n) is 9.52. The van der Waals surface area contributed by atoms with Crippen molar-refractivity contribution in [1.82, 2.24) is 15.0 Å². The zero-order valence-corrected chi connectivity index (χ0v) is 20.0. The van der Waals surface area contributed by atoms with Crippen LogP contribution in [0.1, 0.15) is 99.4 Å². The molecule has 158 valence electrons. The number of hydrogen-bond acceptors (Lipinski definition) is 3. The molecule has 0 aliphatic carbocycles. The van der Waals surface area contributed by atoms with Crippen molar-refractivity contribution in [2.45, 2.75) is 78.6 Å². The van der Waals surface area contributed by atoms with E-state index in [2.05, 4.69) is 82.8 Å². The van der Waals surface area contributed by atoms with Crippen LogP contribution in [-0.2, 0) is 6.42 Å². The average molecular weight is 420 g/mol. The predicted octanol–water partition coefficient (Wildman–Crippen LogP) is 7.89. The van der Waals surface area contributed by atoms with E-state index in [-0.39, 0.29) is 0 Å².